The molecule has 2 N–H and O–H groups in total. The maximum absolute atomic E-state index is 10.5. The van der Waals surface area contributed by atoms with E-state index >= 15 is 0 Å². The van der Waals surface area contributed by atoms with Gasteiger partial charge in [0.05, 0.1) is 0 Å². The standard InChI is InChI=1S/C16H23NO.Ac/c1-7-10-16(6,18)13-11-12(2)8-9-14(13)17-15(3,4)5;/h8-9,11,17-18H,1-6H3;. The van der Waals surface area contributed by atoms with Crippen LogP contribution in [0.2, 0.25) is 0 Å². The molecule has 1 aromatic carbocycles. The number of rotatable bonds is 2. The number of hydrogen-bond donors (Lipinski definition) is 2. The zero-order chi connectivity index (χ0) is 14.0. The first-order valence-electron chi connectivity index (χ1n) is 6.21. The van der Waals surface area contributed by atoms with E-state index in [2.05, 4.69) is 37.9 Å². The average Bonchev–Trinajstić information content (AvgIpc) is 2.18. The van der Waals surface area contributed by atoms with Gasteiger partial charge in [-0.3, -0.25) is 0 Å². The molecule has 1 aromatic rings. The topological polar surface area (TPSA) is 32.3 Å². The molecule has 0 aromatic heterocycles. The third-order valence-electron chi connectivity index (χ3n) is 2.58. The summed E-state index contributed by atoms with van der Waals surface area (Å²) < 4.78 is 0. The second-order valence-electron chi connectivity index (χ2n) is 5.87. The van der Waals surface area contributed by atoms with Gasteiger partial charge >= 0.3 is 0 Å². The molecule has 0 aliphatic rings. The zero-order valence-corrected chi connectivity index (χ0v) is 17.5. The first-order valence-corrected chi connectivity index (χ1v) is 6.21. The summed E-state index contributed by atoms with van der Waals surface area (Å²) in [4.78, 5) is 0. The van der Waals surface area contributed by atoms with Gasteiger partial charge < -0.3 is 10.4 Å². The van der Waals surface area contributed by atoms with Crippen LogP contribution in [0, 0.1) is 62.8 Å². The van der Waals surface area contributed by atoms with Gasteiger partial charge in [-0.2, -0.15) is 0 Å². The summed E-state index contributed by atoms with van der Waals surface area (Å²) in [5.74, 6) is 5.65. The fourth-order valence-electron chi connectivity index (χ4n) is 1.88. The van der Waals surface area contributed by atoms with Crippen LogP contribution in [0.1, 0.15) is 45.7 Å². The smallest absolute Gasteiger partial charge is 0.150 e. The molecule has 0 spiro atoms. The molecular weight excluding hydrogens is 449 g/mol. The van der Waals surface area contributed by atoms with Crippen LogP contribution >= 0.6 is 0 Å². The maximum atomic E-state index is 10.5. The largest absolute Gasteiger partial charge is 0.380 e. The molecule has 0 saturated heterocycles. The second-order valence-corrected chi connectivity index (χ2v) is 5.87. The van der Waals surface area contributed by atoms with Crippen molar-refractivity contribution in [1.82, 2.24) is 0 Å². The van der Waals surface area contributed by atoms with E-state index in [4.69, 9.17) is 0 Å². The van der Waals surface area contributed by atoms with E-state index in [0.29, 0.717) is 0 Å². The van der Waals surface area contributed by atoms with Gasteiger partial charge in [-0.15, -0.1) is 5.92 Å². The summed E-state index contributed by atoms with van der Waals surface area (Å²) in [6.07, 6.45) is 0. The predicted octanol–water partition coefficient (Wildman–Crippen LogP) is 3.44. The van der Waals surface area contributed by atoms with Crippen molar-refractivity contribution in [3.8, 4) is 11.8 Å². The molecule has 0 fully saturated rings. The molecule has 1 atom stereocenters. The summed E-state index contributed by atoms with van der Waals surface area (Å²) in [6, 6.07) is 6.02. The Morgan fingerprint density at radius 1 is 1.16 bits per heavy atom. The van der Waals surface area contributed by atoms with Gasteiger partial charge in [-0.25, -0.2) is 0 Å². The van der Waals surface area contributed by atoms with Crippen molar-refractivity contribution in [2.75, 3.05) is 5.32 Å². The van der Waals surface area contributed by atoms with Crippen LogP contribution in [0.15, 0.2) is 18.2 Å². The van der Waals surface area contributed by atoms with Crippen molar-refractivity contribution < 1.29 is 49.2 Å². The van der Waals surface area contributed by atoms with E-state index in [1.54, 1.807) is 13.8 Å². The first kappa shape index (κ1) is 19.0. The number of benzene rings is 1. The van der Waals surface area contributed by atoms with E-state index in [9.17, 15) is 5.11 Å². The third-order valence-corrected chi connectivity index (χ3v) is 2.58. The first-order chi connectivity index (χ1) is 8.15. The van der Waals surface area contributed by atoms with Crippen molar-refractivity contribution in [1.29, 1.82) is 0 Å². The Morgan fingerprint density at radius 2 is 1.74 bits per heavy atom. The van der Waals surface area contributed by atoms with Crippen molar-refractivity contribution >= 4 is 5.69 Å². The number of anilines is 1. The van der Waals surface area contributed by atoms with Crippen molar-refractivity contribution in [3.63, 3.8) is 0 Å². The average molecular weight is 472 g/mol. The van der Waals surface area contributed by atoms with Crippen molar-refractivity contribution in [2.45, 2.75) is 52.7 Å². The van der Waals surface area contributed by atoms with Crippen LogP contribution in [-0.2, 0) is 5.60 Å². The molecule has 0 aliphatic heterocycles. The van der Waals surface area contributed by atoms with Crippen LogP contribution in [-0.4, -0.2) is 10.6 Å². The van der Waals surface area contributed by atoms with Gasteiger partial charge in [0.2, 0.25) is 0 Å². The molecule has 0 saturated carbocycles. The molecule has 0 amide bonds. The minimum Gasteiger partial charge on any atom is -0.380 e. The maximum Gasteiger partial charge on any atom is 0.150 e. The zero-order valence-electron chi connectivity index (χ0n) is 12.8. The Morgan fingerprint density at radius 3 is 2.21 bits per heavy atom. The van der Waals surface area contributed by atoms with Gasteiger partial charge in [0.1, 0.15) is 5.60 Å². The van der Waals surface area contributed by atoms with Gasteiger partial charge in [-0.05, 0) is 47.6 Å². The summed E-state index contributed by atoms with van der Waals surface area (Å²) in [5.41, 5.74) is 1.68. The van der Waals surface area contributed by atoms with E-state index in [1.807, 2.05) is 25.1 Å². The molecule has 19 heavy (non-hydrogen) atoms. The second kappa shape index (κ2) is 7.12. The Balaban J connectivity index is 0.00000324. The van der Waals surface area contributed by atoms with Crippen LogP contribution in [0.25, 0.3) is 0 Å². The van der Waals surface area contributed by atoms with Crippen LogP contribution in [0.4, 0.5) is 5.69 Å². The van der Waals surface area contributed by atoms with Crippen LogP contribution in [0.3, 0.4) is 0 Å². The van der Waals surface area contributed by atoms with E-state index < -0.39 is 5.60 Å². The molecule has 1 unspecified atom stereocenters. The Hall–Kier alpha value is -0.0184. The third kappa shape index (κ3) is 5.87. The number of aliphatic hydroxyl groups is 1. The quantitative estimate of drug-likeness (QED) is 0.647. The van der Waals surface area contributed by atoms with Gasteiger partial charge in [0.25, 0.3) is 0 Å². The molecule has 0 heterocycles. The van der Waals surface area contributed by atoms with Crippen molar-refractivity contribution in [2.24, 2.45) is 0 Å². The van der Waals surface area contributed by atoms with Crippen molar-refractivity contribution in [3.05, 3.63) is 29.3 Å². The number of aryl methyl sites for hydroxylation is 1. The molecule has 0 bridgehead atoms. The van der Waals surface area contributed by atoms with Crippen LogP contribution in [0.5, 0.6) is 0 Å². The van der Waals surface area contributed by atoms with E-state index in [1.165, 1.54) is 0 Å². The fraction of sp³-hybridized carbons (Fsp3) is 0.500. The number of hydrogen-bond acceptors (Lipinski definition) is 2. The predicted molar refractivity (Wildman–Crippen MR) is 77.6 cm³/mol. The molecule has 3 heteroatoms. The summed E-state index contributed by atoms with van der Waals surface area (Å²) in [7, 11) is 0. The molecule has 2 nitrogen and oxygen atoms in total. The van der Waals surface area contributed by atoms with Gasteiger partial charge in [-0.1, -0.05) is 23.6 Å². The van der Waals surface area contributed by atoms with E-state index in [-0.39, 0.29) is 49.6 Å². The summed E-state index contributed by atoms with van der Waals surface area (Å²) in [6.45, 7) is 11.8. The Kier molecular flexibility index (Phi) is 7.12. The number of nitrogens with one attached hydrogen (secondary N) is 1. The SMILES string of the molecule is CC#CC(C)(O)c1cc(C)ccc1NC(C)(C)C.[Ac]. The molecule has 1 rings (SSSR count). The molecule has 1 radical (unpaired) electrons. The van der Waals surface area contributed by atoms with Gasteiger partial charge in [0, 0.05) is 60.9 Å². The normalized spacial score (nSPS) is 13.6. The summed E-state index contributed by atoms with van der Waals surface area (Å²) in [5, 5.41) is 13.9. The Labute approximate surface area is 152 Å². The summed E-state index contributed by atoms with van der Waals surface area (Å²) >= 11 is 0. The van der Waals surface area contributed by atoms with E-state index in [0.717, 1.165) is 16.8 Å². The minimum absolute atomic E-state index is 0. The van der Waals surface area contributed by atoms with Crippen LogP contribution < -0.4 is 5.32 Å². The minimum atomic E-state index is -1.13. The van der Waals surface area contributed by atoms with Gasteiger partial charge in [0.15, 0.2) is 0 Å². The Bertz CT molecular complexity index is 490. The molecule has 0 aliphatic carbocycles. The molecular formula is C16H23AcNO. The monoisotopic (exact) mass is 472 g/mol. The fourth-order valence-corrected chi connectivity index (χ4v) is 1.88. The molecule has 101 valence electrons.